The molecule has 0 fully saturated rings. The van der Waals surface area contributed by atoms with Crippen LogP contribution in [0.25, 0.3) is 11.5 Å². The molecule has 6 heteroatoms. The van der Waals surface area contributed by atoms with Crippen molar-refractivity contribution in [2.24, 2.45) is 0 Å². The number of aromatic nitrogens is 2. The Bertz CT molecular complexity index is 472. The van der Waals surface area contributed by atoms with Crippen LogP contribution in [-0.4, -0.2) is 10.1 Å². The lowest BCUT2D eigenvalue weighted by Gasteiger charge is -1.94. The minimum Gasteiger partial charge on any atom is -0.333 e. The van der Waals surface area contributed by atoms with Crippen molar-refractivity contribution >= 4 is 11.6 Å². The summed E-state index contributed by atoms with van der Waals surface area (Å²) in [6.07, 6.45) is 0. The van der Waals surface area contributed by atoms with Gasteiger partial charge in [-0.1, -0.05) is 0 Å². The van der Waals surface area contributed by atoms with Gasteiger partial charge in [-0.05, 0) is 35.0 Å². The third-order valence-corrected chi connectivity index (χ3v) is 1.72. The summed E-state index contributed by atoms with van der Waals surface area (Å²) in [7, 11) is 0. The molecule has 0 atom stereocenters. The van der Waals surface area contributed by atoms with Crippen molar-refractivity contribution in [3.8, 4) is 11.5 Å². The van der Waals surface area contributed by atoms with Gasteiger partial charge in [0.05, 0.1) is 0 Å². The summed E-state index contributed by atoms with van der Waals surface area (Å²) in [6, 6.07) is 3.25. The lowest BCUT2D eigenvalue weighted by atomic mass is 10.2. The van der Waals surface area contributed by atoms with Crippen LogP contribution < -0.4 is 0 Å². The van der Waals surface area contributed by atoms with Crippen LogP contribution in [0.4, 0.5) is 8.78 Å². The van der Waals surface area contributed by atoms with Gasteiger partial charge < -0.3 is 4.52 Å². The van der Waals surface area contributed by atoms with E-state index in [1.807, 2.05) is 0 Å². The van der Waals surface area contributed by atoms with Crippen molar-refractivity contribution in [2.75, 3.05) is 0 Å². The van der Waals surface area contributed by atoms with Gasteiger partial charge in [0.25, 0.3) is 11.2 Å². The highest BCUT2D eigenvalue weighted by Crippen LogP contribution is 2.20. The summed E-state index contributed by atoms with van der Waals surface area (Å²) >= 11 is 5.40. The predicted octanol–water partition coefficient (Wildman–Crippen LogP) is 2.67. The highest BCUT2D eigenvalue weighted by atomic mass is 35.5. The van der Waals surface area contributed by atoms with Crippen molar-refractivity contribution in [1.82, 2.24) is 10.1 Å². The molecule has 0 saturated heterocycles. The third kappa shape index (κ3) is 1.58. The smallest absolute Gasteiger partial charge is 0.264 e. The largest absolute Gasteiger partial charge is 0.333 e. The Labute approximate surface area is 82.3 Å². The predicted molar refractivity (Wildman–Crippen MR) is 44.7 cm³/mol. The second-order valence-corrected chi connectivity index (χ2v) is 2.84. The molecule has 0 aliphatic rings. The zero-order chi connectivity index (χ0) is 10.1. The number of hydrogen-bond donors (Lipinski definition) is 0. The van der Waals surface area contributed by atoms with E-state index in [2.05, 4.69) is 14.7 Å². The van der Waals surface area contributed by atoms with Crippen LogP contribution >= 0.6 is 11.6 Å². The van der Waals surface area contributed by atoms with Crippen LogP contribution in [0.1, 0.15) is 0 Å². The number of rotatable bonds is 1. The standard InChI is InChI=1S/C8H3ClF2N2O/c9-8-12-7(14-13-8)4-1-2-5(10)6(11)3-4/h1-3H. The molecule has 3 nitrogen and oxygen atoms in total. The molecule has 0 unspecified atom stereocenters. The van der Waals surface area contributed by atoms with Crippen molar-refractivity contribution in [3.63, 3.8) is 0 Å². The molecule has 2 aromatic rings. The molecule has 1 heterocycles. The van der Waals surface area contributed by atoms with Crippen LogP contribution in [0, 0.1) is 11.6 Å². The van der Waals surface area contributed by atoms with E-state index in [0.717, 1.165) is 12.1 Å². The van der Waals surface area contributed by atoms with Crippen LogP contribution in [0.5, 0.6) is 0 Å². The number of hydrogen-bond acceptors (Lipinski definition) is 3. The molecule has 0 amide bonds. The topological polar surface area (TPSA) is 38.9 Å². The van der Waals surface area contributed by atoms with Crippen LogP contribution in [0.2, 0.25) is 5.28 Å². The van der Waals surface area contributed by atoms with Crippen molar-refractivity contribution in [2.45, 2.75) is 0 Å². The Morgan fingerprint density at radius 3 is 2.57 bits per heavy atom. The first-order valence-corrected chi connectivity index (χ1v) is 3.99. The fourth-order valence-corrected chi connectivity index (χ4v) is 1.06. The minimum absolute atomic E-state index is 0.0499. The quantitative estimate of drug-likeness (QED) is 0.736. The molecule has 14 heavy (non-hydrogen) atoms. The van der Waals surface area contributed by atoms with Gasteiger partial charge in [0.2, 0.25) is 0 Å². The lowest BCUT2D eigenvalue weighted by molar-refractivity contribution is 0.429. The zero-order valence-electron chi connectivity index (χ0n) is 6.67. The van der Waals surface area contributed by atoms with E-state index >= 15 is 0 Å². The maximum absolute atomic E-state index is 12.8. The summed E-state index contributed by atoms with van der Waals surface area (Å²) in [5.41, 5.74) is 0.281. The average molecular weight is 217 g/mol. The van der Waals surface area contributed by atoms with E-state index < -0.39 is 11.6 Å². The van der Waals surface area contributed by atoms with E-state index in [1.165, 1.54) is 6.07 Å². The molecule has 2 rings (SSSR count). The van der Waals surface area contributed by atoms with E-state index in [4.69, 9.17) is 11.6 Å². The first kappa shape index (κ1) is 9.08. The van der Waals surface area contributed by atoms with Crippen LogP contribution in [0.3, 0.4) is 0 Å². The fraction of sp³-hybridized carbons (Fsp3) is 0. The van der Waals surface area contributed by atoms with E-state index in [-0.39, 0.29) is 16.7 Å². The monoisotopic (exact) mass is 216 g/mol. The van der Waals surface area contributed by atoms with Gasteiger partial charge in [-0.25, -0.2) is 8.78 Å². The van der Waals surface area contributed by atoms with Crippen LogP contribution in [0.15, 0.2) is 22.7 Å². The summed E-state index contributed by atoms with van der Waals surface area (Å²) in [6.45, 7) is 0. The second kappa shape index (κ2) is 3.34. The Kier molecular flexibility index (Phi) is 2.17. The summed E-state index contributed by atoms with van der Waals surface area (Å²) in [5.74, 6) is -1.86. The third-order valence-electron chi connectivity index (χ3n) is 1.57. The lowest BCUT2D eigenvalue weighted by Crippen LogP contribution is -1.85. The number of halogens is 3. The minimum atomic E-state index is -0.975. The highest BCUT2D eigenvalue weighted by Gasteiger charge is 2.10. The SMILES string of the molecule is Fc1ccc(-c2nc(Cl)no2)cc1F. The van der Waals surface area contributed by atoms with Gasteiger partial charge in [-0.3, -0.25) is 0 Å². The Hall–Kier alpha value is -1.49. The maximum atomic E-state index is 12.8. The van der Waals surface area contributed by atoms with Crippen LogP contribution in [-0.2, 0) is 0 Å². The Morgan fingerprint density at radius 1 is 1.21 bits per heavy atom. The first-order chi connectivity index (χ1) is 6.66. The molecule has 0 bridgehead atoms. The molecule has 0 radical (unpaired) electrons. The number of benzene rings is 1. The van der Waals surface area contributed by atoms with Gasteiger partial charge in [0, 0.05) is 5.56 Å². The first-order valence-electron chi connectivity index (χ1n) is 3.61. The van der Waals surface area contributed by atoms with Gasteiger partial charge >= 0.3 is 0 Å². The Morgan fingerprint density at radius 2 is 2.00 bits per heavy atom. The molecule has 0 aliphatic carbocycles. The Balaban J connectivity index is 2.47. The molecule has 1 aromatic carbocycles. The summed E-state index contributed by atoms with van der Waals surface area (Å²) in [4.78, 5) is 3.65. The molecule has 0 aliphatic heterocycles. The van der Waals surface area contributed by atoms with Crippen molar-refractivity contribution < 1.29 is 13.3 Å². The summed E-state index contributed by atoms with van der Waals surface area (Å²) < 4.78 is 30.0. The average Bonchev–Trinajstić information content (AvgIpc) is 2.57. The molecular weight excluding hydrogens is 214 g/mol. The molecule has 0 spiro atoms. The number of nitrogens with zero attached hydrogens (tertiary/aromatic N) is 2. The molecule has 0 saturated carbocycles. The van der Waals surface area contributed by atoms with E-state index in [0.29, 0.717) is 0 Å². The van der Waals surface area contributed by atoms with E-state index in [9.17, 15) is 8.78 Å². The van der Waals surface area contributed by atoms with Crippen molar-refractivity contribution in [3.05, 3.63) is 35.1 Å². The normalized spacial score (nSPS) is 10.5. The summed E-state index contributed by atoms with van der Waals surface area (Å²) in [5, 5.41) is 3.23. The zero-order valence-corrected chi connectivity index (χ0v) is 7.42. The molecule has 1 aromatic heterocycles. The second-order valence-electron chi connectivity index (χ2n) is 2.50. The van der Waals surface area contributed by atoms with Gasteiger partial charge in [0.15, 0.2) is 11.6 Å². The van der Waals surface area contributed by atoms with Gasteiger partial charge in [-0.2, -0.15) is 4.98 Å². The molecule has 72 valence electrons. The van der Waals surface area contributed by atoms with Gasteiger partial charge in [0.1, 0.15) is 0 Å². The fourth-order valence-electron chi connectivity index (χ4n) is 0.952. The van der Waals surface area contributed by atoms with E-state index in [1.54, 1.807) is 0 Å². The van der Waals surface area contributed by atoms with Gasteiger partial charge in [-0.15, -0.1) is 0 Å². The van der Waals surface area contributed by atoms with Crippen molar-refractivity contribution in [1.29, 1.82) is 0 Å². The highest BCUT2D eigenvalue weighted by molar-refractivity contribution is 6.28. The molecular formula is C8H3ClF2N2O. The maximum Gasteiger partial charge on any atom is 0.264 e. The molecule has 0 N–H and O–H groups in total.